The summed E-state index contributed by atoms with van der Waals surface area (Å²) in [5, 5.41) is 3.34. The molecule has 6 heteroatoms. The van der Waals surface area contributed by atoms with Crippen molar-refractivity contribution in [3.05, 3.63) is 23.8 Å². The highest BCUT2D eigenvalue weighted by atomic mass is 32.2. The second-order valence-corrected chi connectivity index (χ2v) is 8.48. The van der Waals surface area contributed by atoms with Crippen LogP contribution in [0.5, 0.6) is 0 Å². The maximum atomic E-state index is 13.1. The van der Waals surface area contributed by atoms with E-state index in [9.17, 15) is 8.42 Å². The van der Waals surface area contributed by atoms with E-state index in [1.165, 1.54) is 0 Å². The smallest absolute Gasteiger partial charge is 0.243 e. The summed E-state index contributed by atoms with van der Waals surface area (Å²) in [6.45, 7) is 4.35. The molecule has 2 saturated heterocycles. The van der Waals surface area contributed by atoms with Crippen LogP contribution in [-0.2, 0) is 10.0 Å². The molecule has 3 rings (SSSR count). The van der Waals surface area contributed by atoms with Gasteiger partial charge in [-0.3, -0.25) is 0 Å². The fourth-order valence-electron chi connectivity index (χ4n) is 3.69. The van der Waals surface area contributed by atoms with Gasteiger partial charge in [-0.1, -0.05) is 6.07 Å². The van der Waals surface area contributed by atoms with Crippen LogP contribution in [0, 0.1) is 12.8 Å². The van der Waals surface area contributed by atoms with E-state index in [4.69, 9.17) is 0 Å². The number of anilines is 1. The molecular formula is C16H25N3O2S. The Balaban J connectivity index is 1.97. The van der Waals surface area contributed by atoms with Crippen molar-refractivity contribution in [3.8, 4) is 0 Å². The number of benzene rings is 1. The number of hydrogen-bond acceptors (Lipinski definition) is 4. The highest BCUT2D eigenvalue weighted by molar-refractivity contribution is 7.89. The fourth-order valence-corrected chi connectivity index (χ4v) is 5.44. The zero-order chi connectivity index (χ0) is 15.9. The summed E-state index contributed by atoms with van der Waals surface area (Å²) in [5.74, 6) is 0.460. The third-order valence-electron chi connectivity index (χ3n) is 4.90. The number of rotatable bonds is 3. The number of fused-ring (bicyclic) bond motifs is 1. The van der Waals surface area contributed by atoms with Crippen LogP contribution in [0.4, 0.5) is 5.69 Å². The van der Waals surface area contributed by atoms with Crippen molar-refractivity contribution in [1.29, 1.82) is 0 Å². The predicted octanol–water partition coefficient (Wildman–Crippen LogP) is 1.43. The zero-order valence-corrected chi connectivity index (χ0v) is 14.4. The van der Waals surface area contributed by atoms with Crippen molar-refractivity contribution in [1.82, 2.24) is 9.62 Å². The maximum absolute atomic E-state index is 13.1. The Morgan fingerprint density at radius 1 is 1.27 bits per heavy atom. The second kappa shape index (κ2) is 5.83. The molecule has 22 heavy (non-hydrogen) atoms. The summed E-state index contributed by atoms with van der Waals surface area (Å²) < 4.78 is 27.9. The molecule has 1 aromatic carbocycles. The number of sulfonamides is 1. The van der Waals surface area contributed by atoms with E-state index in [1.807, 2.05) is 32.0 Å². The van der Waals surface area contributed by atoms with E-state index in [0.29, 0.717) is 17.4 Å². The van der Waals surface area contributed by atoms with Gasteiger partial charge in [0.1, 0.15) is 0 Å². The van der Waals surface area contributed by atoms with Crippen molar-refractivity contribution < 1.29 is 8.42 Å². The fraction of sp³-hybridized carbons (Fsp3) is 0.625. The van der Waals surface area contributed by atoms with Crippen LogP contribution < -0.4 is 10.2 Å². The molecule has 0 radical (unpaired) electrons. The Hall–Kier alpha value is -1.11. The predicted molar refractivity (Wildman–Crippen MR) is 88.8 cm³/mol. The van der Waals surface area contributed by atoms with Crippen LogP contribution in [-0.4, -0.2) is 52.5 Å². The van der Waals surface area contributed by atoms with Crippen LogP contribution >= 0.6 is 0 Å². The molecule has 0 spiro atoms. The van der Waals surface area contributed by atoms with Crippen molar-refractivity contribution in [3.63, 3.8) is 0 Å². The Labute approximate surface area is 133 Å². The van der Waals surface area contributed by atoms with Gasteiger partial charge in [-0.15, -0.1) is 0 Å². The summed E-state index contributed by atoms with van der Waals surface area (Å²) in [7, 11) is 0.460. The first kappa shape index (κ1) is 15.8. The average molecular weight is 323 g/mol. The van der Waals surface area contributed by atoms with Gasteiger partial charge < -0.3 is 10.2 Å². The lowest BCUT2D eigenvalue weighted by Crippen LogP contribution is -2.48. The minimum atomic E-state index is -3.42. The van der Waals surface area contributed by atoms with Crippen molar-refractivity contribution in [2.75, 3.05) is 38.6 Å². The zero-order valence-electron chi connectivity index (χ0n) is 13.5. The van der Waals surface area contributed by atoms with Crippen LogP contribution in [0.25, 0.3) is 0 Å². The molecule has 2 aliphatic heterocycles. The first-order valence-corrected chi connectivity index (χ1v) is 9.36. The first-order chi connectivity index (χ1) is 10.4. The standard InChI is InChI=1S/C16H25N3O2S/c1-12-6-7-14(9-15(12)18(2)3)22(20,21)19-8-4-5-13-10-17-11-16(13)19/h6-7,9,13,16-17H,4-5,8,10-11H2,1-3H3/t13-,16+/m0/s1. The lowest BCUT2D eigenvalue weighted by atomic mass is 9.94. The molecule has 2 aliphatic rings. The van der Waals surface area contributed by atoms with Crippen molar-refractivity contribution >= 4 is 15.7 Å². The lowest BCUT2D eigenvalue weighted by Gasteiger charge is -2.36. The molecule has 122 valence electrons. The lowest BCUT2D eigenvalue weighted by molar-refractivity contribution is 0.217. The van der Waals surface area contributed by atoms with E-state index < -0.39 is 10.0 Å². The van der Waals surface area contributed by atoms with E-state index in [2.05, 4.69) is 5.32 Å². The van der Waals surface area contributed by atoms with Crippen molar-refractivity contribution in [2.45, 2.75) is 30.7 Å². The Bertz CT molecular complexity index is 657. The third-order valence-corrected chi connectivity index (χ3v) is 6.82. The Kier molecular flexibility index (Phi) is 4.18. The molecule has 2 heterocycles. The first-order valence-electron chi connectivity index (χ1n) is 7.92. The molecule has 1 aromatic rings. The molecule has 0 amide bonds. The number of nitrogens with one attached hydrogen (secondary N) is 1. The quantitative estimate of drug-likeness (QED) is 0.914. The Morgan fingerprint density at radius 3 is 2.77 bits per heavy atom. The molecule has 1 N–H and O–H groups in total. The van der Waals surface area contributed by atoms with Crippen LogP contribution in [0.15, 0.2) is 23.1 Å². The van der Waals surface area contributed by atoms with Gasteiger partial charge in [0.2, 0.25) is 10.0 Å². The van der Waals surface area contributed by atoms with Gasteiger partial charge in [0, 0.05) is 38.9 Å². The van der Waals surface area contributed by atoms with Gasteiger partial charge in [0.15, 0.2) is 0 Å². The largest absolute Gasteiger partial charge is 0.377 e. The third kappa shape index (κ3) is 2.64. The van der Waals surface area contributed by atoms with E-state index in [0.717, 1.165) is 37.2 Å². The van der Waals surface area contributed by atoms with E-state index >= 15 is 0 Å². The van der Waals surface area contributed by atoms with Crippen LogP contribution in [0.3, 0.4) is 0 Å². The normalized spacial score (nSPS) is 26.0. The highest BCUT2D eigenvalue weighted by Gasteiger charge is 2.41. The van der Waals surface area contributed by atoms with Gasteiger partial charge in [-0.25, -0.2) is 8.42 Å². The SMILES string of the molecule is Cc1ccc(S(=O)(=O)N2CCC[C@H]3CNC[C@H]32)cc1N(C)C. The summed E-state index contributed by atoms with van der Waals surface area (Å²) in [6.07, 6.45) is 2.08. The second-order valence-electron chi connectivity index (χ2n) is 6.59. The summed E-state index contributed by atoms with van der Waals surface area (Å²) in [5.41, 5.74) is 2.04. The molecule has 0 bridgehead atoms. The van der Waals surface area contributed by atoms with Gasteiger partial charge in [0.05, 0.1) is 4.90 Å². The molecule has 5 nitrogen and oxygen atoms in total. The molecule has 0 saturated carbocycles. The topological polar surface area (TPSA) is 52.7 Å². The summed E-state index contributed by atoms with van der Waals surface area (Å²) in [4.78, 5) is 2.37. The monoisotopic (exact) mass is 323 g/mol. The Morgan fingerprint density at radius 2 is 2.05 bits per heavy atom. The number of nitrogens with zero attached hydrogens (tertiary/aromatic N) is 2. The van der Waals surface area contributed by atoms with E-state index in [1.54, 1.807) is 16.4 Å². The minimum Gasteiger partial charge on any atom is -0.377 e. The maximum Gasteiger partial charge on any atom is 0.243 e. The number of piperidine rings is 1. The van der Waals surface area contributed by atoms with Gasteiger partial charge in [-0.2, -0.15) is 4.31 Å². The summed E-state index contributed by atoms with van der Waals surface area (Å²) >= 11 is 0. The highest BCUT2D eigenvalue weighted by Crippen LogP contribution is 2.32. The van der Waals surface area contributed by atoms with Gasteiger partial charge >= 0.3 is 0 Å². The summed E-state index contributed by atoms with van der Waals surface area (Å²) in [6, 6.07) is 5.56. The van der Waals surface area contributed by atoms with Crippen LogP contribution in [0.1, 0.15) is 18.4 Å². The number of hydrogen-bond donors (Lipinski definition) is 1. The molecular weight excluding hydrogens is 298 g/mol. The minimum absolute atomic E-state index is 0.114. The molecule has 0 unspecified atom stereocenters. The van der Waals surface area contributed by atoms with Gasteiger partial charge in [-0.05, 0) is 49.9 Å². The van der Waals surface area contributed by atoms with Gasteiger partial charge in [0.25, 0.3) is 0 Å². The van der Waals surface area contributed by atoms with Crippen molar-refractivity contribution in [2.24, 2.45) is 5.92 Å². The van der Waals surface area contributed by atoms with E-state index in [-0.39, 0.29) is 6.04 Å². The molecule has 2 atom stereocenters. The molecule has 0 aromatic heterocycles. The number of aryl methyl sites for hydroxylation is 1. The molecule has 2 fully saturated rings. The molecule has 0 aliphatic carbocycles. The van der Waals surface area contributed by atoms with Crippen LogP contribution in [0.2, 0.25) is 0 Å². The average Bonchev–Trinajstić information content (AvgIpc) is 2.95.